The molecule has 3 nitrogen and oxygen atoms in total. The van der Waals surface area contributed by atoms with Gasteiger partial charge in [0, 0.05) is 12.5 Å². The maximum atomic E-state index is 12.6. The van der Waals surface area contributed by atoms with Gasteiger partial charge in [0.1, 0.15) is 5.82 Å². The molecule has 6 heteroatoms. The maximum absolute atomic E-state index is 12.6. The molecule has 0 aliphatic carbocycles. The van der Waals surface area contributed by atoms with Gasteiger partial charge in [-0.1, -0.05) is 18.7 Å². The van der Waals surface area contributed by atoms with E-state index in [2.05, 4.69) is 16.7 Å². The number of hydrogen-bond donors (Lipinski definition) is 0. The first kappa shape index (κ1) is 13.9. The molecule has 0 fully saturated rings. The minimum atomic E-state index is -4.30. The first-order chi connectivity index (χ1) is 9.99. The summed E-state index contributed by atoms with van der Waals surface area (Å²) < 4.78 is 39.7. The lowest BCUT2D eigenvalue weighted by molar-refractivity contribution is -0.137. The topological polar surface area (TPSA) is 30.7 Å². The first-order valence-corrected chi connectivity index (χ1v) is 6.73. The Morgan fingerprint density at radius 3 is 2.57 bits per heavy atom. The van der Waals surface area contributed by atoms with Crippen molar-refractivity contribution in [3.63, 3.8) is 0 Å². The summed E-state index contributed by atoms with van der Waals surface area (Å²) in [5, 5.41) is 4.31. The number of aryl methyl sites for hydroxylation is 1. The van der Waals surface area contributed by atoms with Crippen LogP contribution in [0.4, 0.5) is 13.2 Å². The van der Waals surface area contributed by atoms with Gasteiger partial charge in [-0.15, -0.1) is 0 Å². The Morgan fingerprint density at radius 1 is 1.24 bits per heavy atom. The molecule has 0 saturated heterocycles. The predicted molar refractivity (Wildman–Crippen MR) is 72.6 cm³/mol. The molecule has 1 atom stereocenters. The Hall–Kier alpha value is -2.11. The number of benzene rings is 1. The van der Waals surface area contributed by atoms with Gasteiger partial charge < -0.3 is 0 Å². The van der Waals surface area contributed by atoms with Gasteiger partial charge in [-0.2, -0.15) is 18.3 Å². The Bertz CT molecular complexity index is 656. The van der Waals surface area contributed by atoms with Crippen LogP contribution in [0.15, 0.2) is 30.8 Å². The fourth-order valence-corrected chi connectivity index (χ4v) is 2.68. The van der Waals surface area contributed by atoms with E-state index < -0.39 is 11.7 Å². The second kappa shape index (κ2) is 5.02. The molecule has 2 aromatic rings. The van der Waals surface area contributed by atoms with Crippen molar-refractivity contribution < 1.29 is 13.2 Å². The summed E-state index contributed by atoms with van der Waals surface area (Å²) in [6, 6.07) is 5.31. The number of aromatic nitrogens is 3. The molecule has 2 heterocycles. The van der Waals surface area contributed by atoms with Crippen LogP contribution in [0.2, 0.25) is 0 Å². The quantitative estimate of drug-likeness (QED) is 0.841. The molecular formula is C15H14F3N3. The molecule has 1 aromatic carbocycles. The normalized spacial score (nSPS) is 18.3. The molecule has 3 rings (SSSR count). The third-order valence-corrected chi connectivity index (χ3v) is 3.71. The van der Waals surface area contributed by atoms with Crippen molar-refractivity contribution in [3.8, 4) is 0 Å². The largest absolute Gasteiger partial charge is 0.416 e. The zero-order valence-corrected chi connectivity index (χ0v) is 11.3. The number of rotatable bonds is 2. The summed E-state index contributed by atoms with van der Waals surface area (Å²) in [6.45, 7) is 4.43. The van der Waals surface area contributed by atoms with Gasteiger partial charge in [0.15, 0.2) is 5.82 Å². The van der Waals surface area contributed by atoms with Crippen molar-refractivity contribution in [3.05, 3.63) is 53.6 Å². The third kappa shape index (κ3) is 2.57. The lowest BCUT2D eigenvalue weighted by Gasteiger charge is -2.22. The van der Waals surface area contributed by atoms with E-state index in [9.17, 15) is 13.2 Å². The summed E-state index contributed by atoms with van der Waals surface area (Å²) in [5.74, 6) is 1.35. The van der Waals surface area contributed by atoms with Gasteiger partial charge in [0.05, 0.1) is 5.56 Å². The fraction of sp³-hybridized carbons (Fsp3) is 0.333. The zero-order valence-electron chi connectivity index (χ0n) is 11.3. The van der Waals surface area contributed by atoms with Crippen LogP contribution in [-0.2, 0) is 12.7 Å². The Labute approximate surface area is 120 Å². The molecule has 1 aliphatic rings. The van der Waals surface area contributed by atoms with Crippen molar-refractivity contribution in [2.75, 3.05) is 0 Å². The molecule has 21 heavy (non-hydrogen) atoms. The predicted octanol–water partition coefficient (Wildman–Crippen LogP) is 3.87. The number of nitrogens with zero attached hydrogens (tertiary/aromatic N) is 3. The number of hydrogen-bond acceptors (Lipinski definition) is 2. The van der Waals surface area contributed by atoms with Gasteiger partial charge in [0.2, 0.25) is 0 Å². The minimum Gasteiger partial charge on any atom is -0.249 e. The van der Waals surface area contributed by atoms with E-state index in [4.69, 9.17) is 0 Å². The van der Waals surface area contributed by atoms with E-state index in [0.29, 0.717) is 5.82 Å². The van der Waals surface area contributed by atoms with Gasteiger partial charge in [-0.05, 0) is 36.6 Å². The summed E-state index contributed by atoms with van der Waals surface area (Å²) in [6.07, 6.45) is -0.935. The van der Waals surface area contributed by atoms with Crippen molar-refractivity contribution in [2.45, 2.75) is 31.5 Å². The second-order valence-corrected chi connectivity index (χ2v) is 5.07. The highest BCUT2D eigenvalue weighted by atomic mass is 19.4. The maximum Gasteiger partial charge on any atom is 0.416 e. The smallest absolute Gasteiger partial charge is 0.249 e. The zero-order chi connectivity index (χ0) is 15.0. The average Bonchev–Trinajstić information content (AvgIpc) is 2.89. The summed E-state index contributed by atoms with van der Waals surface area (Å²) in [5.41, 5.74) is 0.210. The first-order valence-electron chi connectivity index (χ1n) is 6.73. The van der Waals surface area contributed by atoms with E-state index >= 15 is 0 Å². The lowest BCUT2D eigenvalue weighted by Crippen LogP contribution is -2.18. The monoisotopic (exact) mass is 293 g/mol. The molecule has 0 bridgehead atoms. The van der Waals surface area contributed by atoms with Gasteiger partial charge in [0.25, 0.3) is 0 Å². The van der Waals surface area contributed by atoms with E-state index in [1.807, 2.05) is 4.68 Å². The highest BCUT2D eigenvalue weighted by molar-refractivity contribution is 5.37. The van der Waals surface area contributed by atoms with Crippen LogP contribution in [0.1, 0.15) is 41.5 Å². The van der Waals surface area contributed by atoms with Crippen LogP contribution in [0, 0.1) is 0 Å². The Kier molecular flexibility index (Phi) is 3.31. The molecule has 0 spiro atoms. The van der Waals surface area contributed by atoms with Crippen LogP contribution in [-0.4, -0.2) is 14.8 Å². The van der Waals surface area contributed by atoms with Crippen molar-refractivity contribution in [1.82, 2.24) is 14.8 Å². The van der Waals surface area contributed by atoms with E-state index in [0.717, 1.165) is 42.9 Å². The van der Waals surface area contributed by atoms with Gasteiger partial charge >= 0.3 is 6.18 Å². The molecule has 1 aliphatic heterocycles. The summed E-state index contributed by atoms with van der Waals surface area (Å²) >= 11 is 0. The highest BCUT2D eigenvalue weighted by Gasteiger charge is 2.31. The van der Waals surface area contributed by atoms with E-state index in [1.54, 1.807) is 6.08 Å². The van der Waals surface area contributed by atoms with Gasteiger partial charge in [-0.25, -0.2) is 9.67 Å². The third-order valence-electron chi connectivity index (χ3n) is 3.71. The van der Waals surface area contributed by atoms with Crippen molar-refractivity contribution in [2.24, 2.45) is 0 Å². The number of alkyl halides is 3. The molecule has 0 saturated carbocycles. The van der Waals surface area contributed by atoms with Crippen LogP contribution >= 0.6 is 0 Å². The van der Waals surface area contributed by atoms with E-state index in [1.165, 1.54) is 12.1 Å². The van der Waals surface area contributed by atoms with Crippen LogP contribution in [0.5, 0.6) is 0 Å². The molecule has 110 valence electrons. The standard InChI is InChI=1S/C15H14F3N3/c1-2-13-19-14-12(4-3-9-21(14)20-13)10-5-7-11(8-6-10)15(16,17)18/h2,5-8,12H,1,3-4,9H2. The summed E-state index contributed by atoms with van der Waals surface area (Å²) in [7, 11) is 0. The van der Waals surface area contributed by atoms with Gasteiger partial charge in [-0.3, -0.25) is 0 Å². The average molecular weight is 293 g/mol. The van der Waals surface area contributed by atoms with E-state index in [-0.39, 0.29) is 5.92 Å². The molecule has 0 radical (unpaired) electrons. The Balaban J connectivity index is 1.95. The highest BCUT2D eigenvalue weighted by Crippen LogP contribution is 2.34. The van der Waals surface area contributed by atoms with Crippen LogP contribution in [0.3, 0.4) is 0 Å². The van der Waals surface area contributed by atoms with Crippen molar-refractivity contribution in [1.29, 1.82) is 0 Å². The minimum absolute atomic E-state index is 0.0118. The lowest BCUT2D eigenvalue weighted by atomic mass is 9.90. The molecular weight excluding hydrogens is 279 g/mol. The Morgan fingerprint density at radius 2 is 1.95 bits per heavy atom. The fourth-order valence-electron chi connectivity index (χ4n) is 2.68. The second-order valence-electron chi connectivity index (χ2n) is 5.07. The number of fused-ring (bicyclic) bond motifs is 1. The van der Waals surface area contributed by atoms with Crippen LogP contribution in [0.25, 0.3) is 6.08 Å². The van der Waals surface area contributed by atoms with Crippen molar-refractivity contribution >= 4 is 6.08 Å². The SMILES string of the molecule is C=Cc1nc2n(n1)CCCC2c1ccc(C(F)(F)F)cc1. The van der Waals surface area contributed by atoms with Crippen LogP contribution < -0.4 is 0 Å². The molecule has 0 amide bonds. The molecule has 1 unspecified atom stereocenters. The molecule has 0 N–H and O–H groups in total. The summed E-state index contributed by atoms with van der Waals surface area (Å²) in [4.78, 5) is 4.41. The number of halogens is 3. The molecule has 1 aromatic heterocycles.